The van der Waals surface area contributed by atoms with E-state index in [-0.39, 0.29) is 5.69 Å². The number of carbonyl (C=O) groups excluding carboxylic acids is 2. The van der Waals surface area contributed by atoms with E-state index < -0.39 is 17.5 Å². The third-order valence-corrected chi connectivity index (χ3v) is 5.14. The summed E-state index contributed by atoms with van der Waals surface area (Å²) in [6, 6.07) is 5.51. The van der Waals surface area contributed by atoms with Gasteiger partial charge in [0, 0.05) is 12.2 Å². The molecule has 2 N–H and O–H groups in total. The Morgan fingerprint density at radius 2 is 1.75 bits per heavy atom. The van der Waals surface area contributed by atoms with E-state index in [2.05, 4.69) is 10.3 Å². The Kier molecular flexibility index (Phi) is 11.3. The van der Waals surface area contributed by atoms with Crippen LogP contribution in [-0.2, 0) is 28.9 Å². The highest BCUT2D eigenvalue weighted by atomic mass is 35.5. The number of methoxy groups -OCH3 is 1. The molecule has 0 bridgehead atoms. The second-order valence-corrected chi connectivity index (χ2v) is 8.67. The lowest BCUT2D eigenvalue weighted by atomic mass is 10.1. The van der Waals surface area contributed by atoms with Gasteiger partial charge in [0.2, 0.25) is 0 Å². The van der Waals surface area contributed by atoms with Crippen LogP contribution in [0, 0.1) is 0 Å². The molecule has 2 aromatic rings. The number of hydrogen-bond donors (Lipinski definition) is 2. The van der Waals surface area contributed by atoms with Crippen LogP contribution in [0.25, 0.3) is 0 Å². The van der Waals surface area contributed by atoms with Gasteiger partial charge in [-0.05, 0) is 63.4 Å². The fourth-order valence-electron chi connectivity index (χ4n) is 3.08. The first-order chi connectivity index (χ1) is 15.1. The van der Waals surface area contributed by atoms with Gasteiger partial charge in [-0.15, -0.1) is 0 Å². The molecule has 0 amide bonds. The minimum Gasteiger partial charge on any atom is -0.465 e. The Balaban J connectivity index is 0.00000249. The lowest BCUT2D eigenvalue weighted by Gasteiger charge is -2.19. The van der Waals surface area contributed by atoms with E-state index in [4.69, 9.17) is 32.7 Å². The second-order valence-electron chi connectivity index (χ2n) is 7.85. The Hall–Kier alpha value is -2.02. The van der Waals surface area contributed by atoms with Crippen LogP contribution < -0.4 is 5.32 Å². The molecule has 0 spiro atoms. The van der Waals surface area contributed by atoms with Gasteiger partial charge in [0.25, 0.3) is 0 Å². The van der Waals surface area contributed by atoms with Crippen molar-refractivity contribution in [1.29, 1.82) is 0 Å². The van der Waals surface area contributed by atoms with Crippen LogP contribution in [0.3, 0.4) is 0 Å². The van der Waals surface area contributed by atoms with Gasteiger partial charge in [-0.2, -0.15) is 0 Å². The van der Waals surface area contributed by atoms with E-state index in [1.165, 1.54) is 7.11 Å². The van der Waals surface area contributed by atoms with Crippen molar-refractivity contribution in [3.63, 3.8) is 0 Å². The zero-order valence-electron chi connectivity index (χ0n) is 19.9. The molecule has 0 unspecified atom stereocenters. The van der Waals surface area contributed by atoms with Crippen LogP contribution >= 0.6 is 23.2 Å². The molecule has 1 aromatic heterocycles. The number of esters is 2. The van der Waals surface area contributed by atoms with Crippen molar-refractivity contribution in [1.82, 2.24) is 10.3 Å². The van der Waals surface area contributed by atoms with Crippen LogP contribution in [-0.4, -0.2) is 36.2 Å². The molecule has 32 heavy (non-hydrogen) atoms. The van der Waals surface area contributed by atoms with Gasteiger partial charge in [0.15, 0.2) is 0 Å². The summed E-state index contributed by atoms with van der Waals surface area (Å²) in [7, 11) is 1.32. The number of aromatic nitrogens is 1. The maximum atomic E-state index is 12.6. The van der Waals surface area contributed by atoms with E-state index in [9.17, 15) is 9.59 Å². The fourth-order valence-corrected chi connectivity index (χ4v) is 3.40. The highest BCUT2D eigenvalue weighted by molar-refractivity contribution is 6.42. The molecule has 0 saturated carbocycles. The highest BCUT2D eigenvalue weighted by Gasteiger charge is 2.28. The molecule has 0 aliphatic carbocycles. The van der Waals surface area contributed by atoms with Crippen LogP contribution in [0.5, 0.6) is 0 Å². The number of hydrogen-bond acceptors (Lipinski definition) is 5. The average molecular weight is 485 g/mol. The number of benzene rings is 1. The first kappa shape index (κ1) is 28.0. The molecule has 0 saturated heterocycles. The minimum atomic E-state index is -0.642. The minimum absolute atomic E-state index is 0.286. The van der Waals surface area contributed by atoms with E-state index in [0.717, 1.165) is 12.0 Å². The summed E-state index contributed by atoms with van der Waals surface area (Å²) in [5, 5.41) is 4.32. The van der Waals surface area contributed by atoms with Crippen molar-refractivity contribution in [3.05, 3.63) is 56.3 Å². The predicted octanol–water partition coefficient (Wildman–Crippen LogP) is 5.98. The maximum Gasteiger partial charge on any atom is 0.355 e. The van der Waals surface area contributed by atoms with E-state index >= 15 is 0 Å². The third-order valence-electron chi connectivity index (χ3n) is 4.40. The van der Waals surface area contributed by atoms with Crippen LogP contribution in [0.15, 0.2) is 18.2 Å². The molecule has 0 fully saturated rings. The average Bonchev–Trinajstić information content (AvgIpc) is 3.12. The van der Waals surface area contributed by atoms with Crippen LogP contribution in [0.1, 0.15) is 79.2 Å². The van der Waals surface area contributed by atoms with Crippen LogP contribution in [0.2, 0.25) is 10.0 Å². The van der Waals surface area contributed by atoms with Gasteiger partial charge in [0.05, 0.1) is 22.7 Å². The smallest absolute Gasteiger partial charge is 0.355 e. The van der Waals surface area contributed by atoms with Crippen LogP contribution in [0.4, 0.5) is 0 Å². The SMILES string of the molecule is CC.CCc1c(C(=O)OC(C)(C)C)[nH]c(CNCCc2ccc(Cl)c(Cl)c2)c1C(=O)OC. The van der Waals surface area contributed by atoms with Gasteiger partial charge in [-0.25, -0.2) is 9.59 Å². The molecule has 0 atom stereocenters. The molecule has 8 heteroatoms. The summed E-state index contributed by atoms with van der Waals surface area (Å²) in [6.45, 7) is 12.3. The largest absolute Gasteiger partial charge is 0.465 e. The van der Waals surface area contributed by atoms with Gasteiger partial charge in [-0.3, -0.25) is 0 Å². The number of aromatic amines is 1. The first-order valence-corrected chi connectivity index (χ1v) is 11.5. The summed E-state index contributed by atoms with van der Waals surface area (Å²) < 4.78 is 10.4. The maximum absolute atomic E-state index is 12.6. The molecule has 1 heterocycles. The summed E-state index contributed by atoms with van der Waals surface area (Å²) in [6.07, 6.45) is 1.21. The predicted molar refractivity (Wildman–Crippen MR) is 130 cm³/mol. The molecule has 1 aromatic carbocycles. The molecular formula is C24H34Cl2N2O4. The van der Waals surface area contributed by atoms with Gasteiger partial charge < -0.3 is 19.8 Å². The normalized spacial score (nSPS) is 10.9. The highest BCUT2D eigenvalue weighted by Crippen LogP contribution is 2.24. The molecule has 0 aliphatic heterocycles. The van der Waals surface area contributed by atoms with E-state index in [1.54, 1.807) is 26.8 Å². The second kappa shape index (κ2) is 12.9. The molecular weight excluding hydrogens is 451 g/mol. The lowest BCUT2D eigenvalue weighted by Crippen LogP contribution is -2.24. The summed E-state index contributed by atoms with van der Waals surface area (Å²) in [5.74, 6) is -0.981. The van der Waals surface area contributed by atoms with Crippen molar-refractivity contribution >= 4 is 35.1 Å². The number of nitrogens with one attached hydrogen (secondary N) is 2. The fraction of sp³-hybridized carbons (Fsp3) is 0.500. The molecule has 0 radical (unpaired) electrons. The van der Waals surface area contributed by atoms with Crippen molar-refractivity contribution in [2.24, 2.45) is 0 Å². The summed E-state index contributed by atoms with van der Waals surface area (Å²) in [4.78, 5) is 28.1. The number of H-pyrrole nitrogens is 1. The summed E-state index contributed by atoms with van der Waals surface area (Å²) >= 11 is 12.0. The Morgan fingerprint density at radius 3 is 2.28 bits per heavy atom. The molecule has 178 valence electrons. The number of ether oxygens (including phenoxy) is 2. The Bertz CT molecular complexity index is 917. The Morgan fingerprint density at radius 1 is 1.09 bits per heavy atom. The molecule has 6 nitrogen and oxygen atoms in total. The molecule has 0 aliphatic rings. The van der Waals surface area contributed by atoms with Crippen molar-refractivity contribution in [2.75, 3.05) is 13.7 Å². The number of rotatable bonds is 8. The lowest BCUT2D eigenvalue weighted by molar-refractivity contribution is 0.00622. The van der Waals surface area contributed by atoms with Gasteiger partial charge in [0.1, 0.15) is 11.3 Å². The quantitative estimate of drug-likeness (QED) is 0.355. The van der Waals surface area contributed by atoms with Crippen molar-refractivity contribution < 1.29 is 19.1 Å². The topological polar surface area (TPSA) is 80.4 Å². The van der Waals surface area contributed by atoms with Crippen molar-refractivity contribution in [2.45, 2.75) is 66.5 Å². The number of halogens is 2. The first-order valence-electron chi connectivity index (χ1n) is 10.8. The van der Waals surface area contributed by atoms with E-state index in [0.29, 0.717) is 46.4 Å². The zero-order valence-corrected chi connectivity index (χ0v) is 21.5. The monoisotopic (exact) mass is 484 g/mol. The third kappa shape index (κ3) is 7.84. The zero-order chi connectivity index (χ0) is 24.5. The van der Waals surface area contributed by atoms with Gasteiger partial charge >= 0.3 is 11.9 Å². The Labute approximate surface area is 201 Å². The molecule has 2 rings (SSSR count). The standard InChI is InChI=1S/C22H28Cl2N2O4.C2H6/c1-6-14-18(20(27)29-5)17(26-19(14)21(28)30-22(2,3)4)12-25-10-9-13-7-8-15(23)16(24)11-13;1-2/h7-8,11,25-26H,6,9-10,12H2,1-5H3;1-2H3. The van der Waals surface area contributed by atoms with Gasteiger partial charge in [-0.1, -0.05) is 50.0 Å². The number of carbonyl (C=O) groups is 2. The van der Waals surface area contributed by atoms with Crippen molar-refractivity contribution in [3.8, 4) is 0 Å². The van der Waals surface area contributed by atoms with E-state index in [1.807, 2.05) is 32.9 Å². The summed E-state index contributed by atoms with van der Waals surface area (Å²) in [5.41, 5.74) is 2.25.